The lowest BCUT2D eigenvalue weighted by Gasteiger charge is -2.25. The third-order valence-electron chi connectivity index (χ3n) is 3.09. The highest BCUT2D eigenvalue weighted by Gasteiger charge is 2.26. The van der Waals surface area contributed by atoms with Gasteiger partial charge in [0.05, 0.1) is 0 Å². The molecule has 0 aliphatic rings. The Bertz CT molecular complexity index is 618. The van der Waals surface area contributed by atoms with Gasteiger partial charge < -0.3 is 20.7 Å². The molecule has 1 rings (SSSR count). The Balaban J connectivity index is 2.73. The van der Waals surface area contributed by atoms with Gasteiger partial charge in [0.2, 0.25) is 11.8 Å². The summed E-state index contributed by atoms with van der Waals surface area (Å²) in [6.45, 7) is 10.4. The average Bonchev–Trinajstić information content (AvgIpc) is 2.44. The number of hydrogen-bond acceptors (Lipinski definition) is 4. The van der Waals surface area contributed by atoms with Crippen LogP contribution in [0.4, 0.5) is 16.2 Å². The van der Waals surface area contributed by atoms with Gasteiger partial charge in [-0.15, -0.1) is 0 Å². The fourth-order valence-corrected chi connectivity index (χ4v) is 2.03. The molecule has 3 amide bonds. The molecule has 0 bridgehead atoms. The molecule has 0 fully saturated rings. The van der Waals surface area contributed by atoms with E-state index < -0.39 is 17.7 Å². The third kappa shape index (κ3) is 7.69. The van der Waals surface area contributed by atoms with E-state index in [1.54, 1.807) is 45.0 Å². The first-order valence-corrected chi connectivity index (χ1v) is 8.16. The molecule has 0 radical (unpaired) electrons. The standard InChI is InChI=1S/C18H27N3O4/c1-11(2)15(21-17(24)25-18(4,5)6)16(23)20-14-9-7-13(8-10-14)19-12(3)22/h7-11,15H,1-6H3,(H,19,22)(H,20,23)(H,21,24). The first-order valence-electron chi connectivity index (χ1n) is 8.16. The normalized spacial score (nSPS) is 12.3. The Morgan fingerprint density at radius 2 is 1.44 bits per heavy atom. The molecule has 0 saturated carbocycles. The van der Waals surface area contributed by atoms with Crippen molar-refractivity contribution < 1.29 is 19.1 Å². The number of nitrogens with one attached hydrogen (secondary N) is 3. The van der Waals surface area contributed by atoms with Gasteiger partial charge in [-0.2, -0.15) is 0 Å². The van der Waals surface area contributed by atoms with Crippen molar-refractivity contribution in [3.8, 4) is 0 Å². The number of anilines is 2. The van der Waals surface area contributed by atoms with E-state index >= 15 is 0 Å². The minimum Gasteiger partial charge on any atom is -0.444 e. The highest BCUT2D eigenvalue weighted by Crippen LogP contribution is 2.15. The van der Waals surface area contributed by atoms with Crippen LogP contribution in [-0.2, 0) is 14.3 Å². The van der Waals surface area contributed by atoms with Crippen molar-refractivity contribution in [3.63, 3.8) is 0 Å². The van der Waals surface area contributed by atoms with E-state index in [4.69, 9.17) is 4.74 Å². The Labute approximate surface area is 148 Å². The van der Waals surface area contributed by atoms with Gasteiger partial charge in [0.15, 0.2) is 0 Å². The van der Waals surface area contributed by atoms with Crippen LogP contribution in [0.5, 0.6) is 0 Å². The monoisotopic (exact) mass is 349 g/mol. The van der Waals surface area contributed by atoms with Crippen LogP contribution in [0.3, 0.4) is 0 Å². The van der Waals surface area contributed by atoms with Crippen molar-refractivity contribution in [1.82, 2.24) is 5.32 Å². The maximum absolute atomic E-state index is 12.5. The van der Waals surface area contributed by atoms with Gasteiger partial charge in [-0.25, -0.2) is 4.79 Å². The molecule has 3 N–H and O–H groups in total. The highest BCUT2D eigenvalue weighted by molar-refractivity contribution is 5.97. The first-order chi connectivity index (χ1) is 11.5. The van der Waals surface area contributed by atoms with Crippen molar-refractivity contribution >= 4 is 29.3 Å². The van der Waals surface area contributed by atoms with E-state index in [9.17, 15) is 14.4 Å². The second kappa shape index (κ2) is 8.50. The number of ether oxygens (including phenoxy) is 1. The molecule has 0 aliphatic carbocycles. The summed E-state index contributed by atoms with van der Waals surface area (Å²) in [6.07, 6.45) is -0.637. The van der Waals surface area contributed by atoms with Crippen LogP contribution in [-0.4, -0.2) is 29.6 Å². The largest absolute Gasteiger partial charge is 0.444 e. The van der Waals surface area contributed by atoms with E-state index in [1.807, 2.05) is 13.8 Å². The molecule has 0 aromatic heterocycles. The molecule has 1 aromatic rings. The molecule has 7 heteroatoms. The molecule has 0 spiro atoms. The molecule has 1 aromatic carbocycles. The summed E-state index contributed by atoms with van der Waals surface area (Å²) in [5, 5.41) is 8.00. The Hall–Kier alpha value is -2.57. The smallest absolute Gasteiger partial charge is 0.408 e. The second-order valence-electron chi connectivity index (χ2n) is 7.12. The van der Waals surface area contributed by atoms with Crippen LogP contribution in [0.1, 0.15) is 41.5 Å². The number of hydrogen-bond donors (Lipinski definition) is 3. The highest BCUT2D eigenvalue weighted by atomic mass is 16.6. The molecule has 0 saturated heterocycles. The molecule has 0 aliphatic heterocycles. The van der Waals surface area contributed by atoms with Gasteiger partial charge in [-0.1, -0.05) is 13.8 Å². The second-order valence-corrected chi connectivity index (χ2v) is 7.12. The van der Waals surface area contributed by atoms with Crippen LogP contribution in [0, 0.1) is 5.92 Å². The van der Waals surface area contributed by atoms with Crippen molar-refractivity contribution in [2.75, 3.05) is 10.6 Å². The van der Waals surface area contributed by atoms with Crippen molar-refractivity contribution in [2.24, 2.45) is 5.92 Å². The quantitative estimate of drug-likeness (QED) is 0.761. The topological polar surface area (TPSA) is 96.5 Å². The summed E-state index contributed by atoms with van der Waals surface area (Å²) >= 11 is 0. The molecular weight excluding hydrogens is 322 g/mol. The predicted molar refractivity (Wildman–Crippen MR) is 97.4 cm³/mol. The van der Waals surface area contributed by atoms with E-state index in [-0.39, 0.29) is 17.7 Å². The van der Waals surface area contributed by atoms with Crippen LogP contribution in [0.15, 0.2) is 24.3 Å². The van der Waals surface area contributed by atoms with Crippen molar-refractivity contribution in [2.45, 2.75) is 53.2 Å². The van der Waals surface area contributed by atoms with Gasteiger partial charge in [0, 0.05) is 18.3 Å². The van der Waals surface area contributed by atoms with Gasteiger partial charge in [-0.05, 0) is 51.0 Å². The molecule has 138 valence electrons. The summed E-state index contributed by atoms with van der Waals surface area (Å²) in [5.41, 5.74) is 0.565. The summed E-state index contributed by atoms with van der Waals surface area (Å²) in [6, 6.07) is 5.98. The van der Waals surface area contributed by atoms with Crippen LogP contribution in [0.25, 0.3) is 0 Å². The number of alkyl carbamates (subject to hydrolysis) is 1. The number of carbonyl (C=O) groups is 3. The maximum atomic E-state index is 12.5. The Kier molecular flexibility index (Phi) is 6.97. The van der Waals surface area contributed by atoms with Crippen molar-refractivity contribution in [1.29, 1.82) is 0 Å². The average molecular weight is 349 g/mol. The molecule has 7 nitrogen and oxygen atoms in total. The van der Waals surface area contributed by atoms with E-state index in [0.717, 1.165) is 0 Å². The third-order valence-corrected chi connectivity index (χ3v) is 3.09. The summed E-state index contributed by atoms with van der Waals surface area (Å²) < 4.78 is 5.20. The lowest BCUT2D eigenvalue weighted by molar-refractivity contribution is -0.119. The van der Waals surface area contributed by atoms with Gasteiger partial charge in [-0.3, -0.25) is 9.59 Å². The minimum absolute atomic E-state index is 0.119. The van der Waals surface area contributed by atoms with Crippen molar-refractivity contribution in [3.05, 3.63) is 24.3 Å². The number of benzene rings is 1. The van der Waals surface area contributed by atoms with Crippen LogP contribution < -0.4 is 16.0 Å². The molecular formula is C18H27N3O4. The van der Waals surface area contributed by atoms with Gasteiger partial charge in [0.25, 0.3) is 0 Å². The van der Waals surface area contributed by atoms with Gasteiger partial charge in [0.1, 0.15) is 11.6 Å². The van der Waals surface area contributed by atoms with Gasteiger partial charge >= 0.3 is 6.09 Å². The first kappa shape index (κ1) is 20.5. The zero-order chi connectivity index (χ0) is 19.2. The number of carbonyl (C=O) groups excluding carboxylic acids is 3. The molecule has 1 unspecified atom stereocenters. The summed E-state index contributed by atoms with van der Waals surface area (Å²) in [7, 11) is 0. The fourth-order valence-electron chi connectivity index (χ4n) is 2.03. The lowest BCUT2D eigenvalue weighted by Crippen LogP contribution is -2.48. The van der Waals surface area contributed by atoms with Crippen LogP contribution >= 0.6 is 0 Å². The zero-order valence-corrected chi connectivity index (χ0v) is 15.6. The van der Waals surface area contributed by atoms with E-state index in [1.165, 1.54) is 6.92 Å². The number of rotatable bonds is 5. The van der Waals surface area contributed by atoms with E-state index in [0.29, 0.717) is 11.4 Å². The van der Waals surface area contributed by atoms with Crippen LogP contribution in [0.2, 0.25) is 0 Å². The maximum Gasteiger partial charge on any atom is 0.408 e. The Morgan fingerprint density at radius 3 is 1.84 bits per heavy atom. The molecule has 1 atom stereocenters. The minimum atomic E-state index is -0.732. The molecule has 0 heterocycles. The summed E-state index contributed by atoms with van der Waals surface area (Å²) in [5.74, 6) is -0.627. The Morgan fingerprint density at radius 1 is 0.960 bits per heavy atom. The number of amides is 3. The summed E-state index contributed by atoms with van der Waals surface area (Å²) in [4.78, 5) is 35.4. The van der Waals surface area contributed by atoms with E-state index in [2.05, 4.69) is 16.0 Å². The SMILES string of the molecule is CC(=O)Nc1ccc(NC(=O)C(NC(=O)OC(C)(C)C)C(C)C)cc1. The molecule has 25 heavy (non-hydrogen) atoms. The predicted octanol–water partition coefficient (Wildman–Crippen LogP) is 3.13. The zero-order valence-electron chi connectivity index (χ0n) is 15.6. The fraction of sp³-hybridized carbons (Fsp3) is 0.500. The lowest BCUT2D eigenvalue weighted by atomic mass is 10.0.